The number of hydrogen-bond donors (Lipinski definition) is 0. The lowest BCUT2D eigenvalue weighted by atomic mass is 10.1. The fourth-order valence-corrected chi connectivity index (χ4v) is 1.56. The second-order valence-electron chi connectivity index (χ2n) is 2.86. The highest BCUT2D eigenvalue weighted by atomic mass is 79.9. The molecule has 1 rings (SSSR count). The summed E-state index contributed by atoms with van der Waals surface area (Å²) in [5.74, 6) is -2.84. The van der Waals surface area contributed by atoms with Crippen LogP contribution in [0.1, 0.15) is 17.3 Å². The van der Waals surface area contributed by atoms with Crippen LogP contribution in [0, 0.1) is 5.82 Å². The zero-order valence-electron chi connectivity index (χ0n) is 8.27. The number of benzene rings is 1. The van der Waals surface area contributed by atoms with Crippen molar-refractivity contribution in [2.75, 3.05) is 6.61 Å². The predicted molar refractivity (Wildman–Crippen MR) is 55.6 cm³/mol. The van der Waals surface area contributed by atoms with Crippen molar-refractivity contribution in [1.82, 2.24) is 0 Å². The molecule has 0 aromatic heterocycles. The van der Waals surface area contributed by atoms with Gasteiger partial charge in [0.05, 0.1) is 12.2 Å². The number of alkyl halides is 2. The topological polar surface area (TPSA) is 26.3 Å². The first kappa shape index (κ1) is 13.0. The minimum atomic E-state index is -3.24. The molecule has 0 N–H and O–H groups in total. The van der Waals surface area contributed by atoms with Gasteiger partial charge in [-0.25, -0.2) is 13.2 Å². The van der Waals surface area contributed by atoms with Crippen LogP contribution in [0.5, 0.6) is 5.75 Å². The number of halogens is 4. The molecule has 2 nitrogen and oxygen atoms in total. The second kappa shape index (κ2) is 5.34. The molecule has 0 radical (unpaired) electrons. The minimum absolute atomic E-state index is 0.176. The number of hydrogen-bond acceptors (Lipinski definition) is 2. The Hall–Kier alpha value is -1.04. The van der Waals surface area contributed by atoms with Crippen LogP contribution in [-0.4, -0.2) is 18.8 Å². The maximum absolute atomic E-state index is 13.6. The number of ketones is 1. The number of carbonyl (C=O) groups excluding carboxylic acids is 1. The van der Waals surface area contributed by atoms with E-state index < -0.39 is 23.6 Å². The molecule has 0 aliphatic heterocycles. The van der Waals surface area contributed by atoms with Gasteiger partial charge in [0.2, 0.25) is 5.78 Å². The van der Waals surface area contributed by atoms with Gasteiger partial charge in [0.1, 0.15) is 0 Å². The molecule has 0 amide bonds. The van der Waals surface area contributed by atoms with Crippen LogP contribution in [0.25, 0.3) is 0 Å². The van der Waals surface area contributed by atoms with E-state index >= 15 is 0 Å². The van der Waals surface area contributed by atoms with Gasteiger partial charge in [0.15, 0.2) is 11.6 Å². The Bertz CT molecular complexity index is 407. The molecule has 0 aliphatic rings. The zero-order chi connectivity index (χ0) is 12.3. The summed E-state index contributed by atoms with van der Waals surface area (Å²) in [6, 6.07) is 2.29. The van der Waals surface area contributed by atoms with Crippen LogP contribution in [0.3, 0.4) is 0 Å². The van der Waals surface area contributed by atoms with Crippen molar-refractivity contribution in [1.29, 1.82) is 0 Å². The summed E-state index contributed by atoms with van der Waals surface area (Å²) in [6.45, 7) is 1.80. The summed E-state index contributed by atoms with van der Waals surface area (Å²) in [5.41, 5.74) is -0.673. The van der Waals surface area contributed by atoms with Crippen LogP contribution in [-0.2, 0) is 0 Å². The quantitative estimate of drug-likeness (QED) is 0.796. The highest BCUT2D eigenvalue weighted by Crippen LogP contribution is 2.27. The van der Waals surface area contributed by atoms with Crippen LogP contribution >= 0.6 is 15.9 Å². The third kappa shape index (κ3) is 2.75. The van der Waals surface area contributed by atoms with Gasteiger partial charge in [-0.05, 0) is 19.1 Å². The molecular weight excluding hydrogens is 289 g/mol. The highest BCUT2D eigenvalue weighted by Gasteiger charge is 2.24. The van der Waals surface area contributed by atoms with Gasteiger partial charge in [-0.1, -0.05) is 15.9 Å². The van der Waals surface area contributed by atoms with Crippen molar-refractivity contribution >= 4 is 21.7 Å². The molecule has 0 fully saturated rings. The lowest BCUT2D eigenvalue weighted by Gasteiger charge is -2.09. The van der Waals surface area contributed by atoms with Gasteiger partial charge in [-0.2, -0.15) is 0 Å². The first-order valence-corrected chi connectivity index (χ1v) is 5.20. The van der Waals surface area contributed by atoms with E-state index in [1.54, 1.807) is 6.92 Å². The Balaban J connectivity index is 3.23. The van der Waals surface area contributed by atoms with Crippen molar-refractivity contribution in [3.05, 3.63) is 28.0 Å². The van der Waals surface area contributed by atoms with E-state index in [9.17, 15) is 18.0 Å². The molecule has 0 spiro atoms. The van der Waals surface area contributed by atoms with E-state index in [4.69, 9.17) is 4.74 Å². The molecule has 16 heavy (non-hydrogen) atoms. The molecule has 0 heterocycles. The van der Waals surface area contributed by atoms with Crippen molar-refractivity contribution < 1.29 is 22.7 Å². The standard InChI is InChI=1S/C10H8BrF3O2/c1-2-16-7-4-5(11)3-6(8(7)12)9(15)10(13)14/h3-4,10H,2H2,1H3. The molecule has 0 atom stereocenters. The Morgan fingerprint density at radius 1 is 1.50 bits per heavy atom. The second-order valence-corrected chi connectivity index (χ2v) is 3.78. The van der Waals surface area contributed by atoms with E-state index in [-0.39, 0.29) is 12.4 Å². The van der Waals surface area contributed by atoms with E-state index in [1.807, 2.05) is 0 Å². The lowest BCUT2D eigenvalue weighted by molar-refractivity contribution is 0.0673. The maximum Gasteiger partial charge on any atom is 0.300 e. The van der Waals surface area contributed by atoms with Crippen LogP contribution < -0.4 is 4.74 Å². The van der Waals surface area contributed by atoms with Gasteiger partial charge in [-0.15, -0.1) is 0 Å². The molecule has 1 aromatic carbocycles. The average Bonchev–Trinajstić information content (AvgIpc) is 2.22. The molecule has 6 heteroatoms. The fraction of sp³-hybridized carbons (Fsp3) is 0.300. The Kier molecular flexibility index (Phi) is 4.35. The third-order valence-electron chi connectivity index (χ3n) is 1.77. The van der Waals surface area contributed by atoms with Gasteiger partial charge < -0.3 is 4.74 Å². The summed E-state index contributed by atoms with van der Waals surface area (Å²) in [5, 5.41) is 0. The number of carbonyl (C=O) groups is 1. The third-order valence-corrected chi connectivity index (χ3v) is 2.23. The number of rotatable bonds is 4. The smallest absolute Gasteiger partial charge is 0.300 e. The van der Waals surface area contributed by atoms with Crippen molar-refractivity contribution in [2.45, 2.75) is 13.3 Å². The summed E-state index contributed by atoms with van der Waals surface area (Å²) < 4.78 is 43.1. The Labute approximate surface area is 98.5 Å². The van der Waals surface area contributed by atoms with E-state index in [0.717, 1.165) is 6.07 Å². The maximum atomic E-state index is 13.6. The Morgan fingerprint density at radius 3 is 2.62 bits per heavy atom. The number of Topliss-reactive ketones (excluding diaryl/α,β-unsaturated/α-hetero) is 1. The summed E-state index contributed by atoms with van der Waals surface area (Å²) in [7, 11) is 0. The summed E-state index contributed by atoms with van der Waals surface area (Å²) in [4.78, 5) is 11.0. The fourth-order valence-electron chi connectivity index (χ4n) is 1.12. The Morgan fingerprint density at radius 2 is 2.12 bits per heavy atom. The van der Waals surface area contributed by atoms with Crippen LogP contribution in [0.2, 0.25) is 0 Å². The molecule has 0 bridgehead atoms. The first-order chi connectivity index (χ1) is 7.47. The van der Waals surface area contributed by atoms with Crippen LogP contribution in [0.4, 0.5) is 13.2 Å². The first-order valence-electron chi connectivity index (χ1n) is 4.41. The van der Waals surface area contributed by atoms with Gasteiger partial charge in [-0.3, -0.25) is 4.79 Å². The molecule has 0 aliphatic carbocycles. The summed E-state index contributed by atoms with van der Waals surface area (Å²) in [6.07, 6.45) is -3.24. The predicted octanol–water partition coefficient (Wildman–Crippen LogP) is 3.43. The van der Waals surface area contributed by atoms with Gasteiger partial charge in [0.25, 0.3) is 0 Å². The van der Waals surface area contributed by atoms with Crippen molar-refractivity contribution in [2.24, 2.45) is 0 Å². The van der Waals surface area contributed by atoms with Crippen molar-refractivity contribution in [3.63, 3.8) is 0 Å². The monoisotopic (exact) mass is 296 g/mol. The molecule has 1 aromatic rings. The number of ether oxygens (including phenoxy) is 1. The SMILES string of the molecule is CCOc1cc(Br)cc(C(=O)C(F)F)c1F. The molecule has 88 valence electrons. The minimum Gasteiger partial charge on any atom is -0.491 e. The van der Waals surface area contributed by atoms with E-state index in [0.29, 0.717) is 4.47 Å². The van der Waals surface area contributed by atoms with Crippen molar-refractivity contribution in [3.8, 4) is 5.75 Å². The average molecular weight is 297 g/mol. The van der Waals surface area contributed by atoms with Gasteiger partial charge in [0, 0.05) is 4.47 Å². The van der Waals surface area contributed by atoms with E-state index in [1.165, 1.54) is 6.07 Å². The molecule has 0 saturated heterocycles. The van der Waals surface area contributed by atoms with Gasteiger partial charge >= 0.3 is 6.43 Å². The molecular formula is C10H8BrF3O2. The lowest BCUT2D eigenvalue weighted by Crippen LogP contribution is -2.13. The zero-order valence-corrected chi connectivity index (χ0v) is 9.85. The van der Waals surface area contributed by atoms with Crippen LogP contribution in [0.15, 0.2) is 16.6 Å². The van der Waals surface area contributed by atoms with E-state index in [2.05, 4.69) is 15.9 Å². The molecule has 0 saturated carbocycles. The largest absolute Gasteiger partial charge is 0.491 e. The summed E-state index contributed by atoms with van der Waals surface area (Å²) >= 11 is 2.99. The highest BCUT2D eigenvalue weighted by molar-refractivity contribution is 9.10. The normalized spacial score (nSPS) is 10.6. The molecule has 0 unspecified atom stereocenters.